The Bertz CT molecular complexity index is 861. The van der Waals surface area contributed by atoms with Gasteiger partial charge >= 0.3 is 12.0 Å². The van der Waals surface area contributed by atoms with Gasteiger partial charge in [-0.05, 0) is 64.6 Å². The van der Waals surface area contributed by atoms with Crippen molar-refractivity contribution in [3.63, 3.8) is 0 Å². The summed E-state index contributed by atoms with van der Waals surface area (Å²) in [5.41, 5.74) is 1.49. The summed E-state index contributed by atoms with van der Waals surface area (Å²) in [4.78, 5) is 24.4. The number of carbonyl (C=O) groups excluding carboxylic acids is 2. The number of likely N-dealkylation sites (tertiary alicyclic amines) is 1. The average molecular weight is 560 g/mol. The van der Waals surface area contributed by atoms with Gasteiger partial charge in [-0.15, -0.1) is 0 Å². The van der Waals surface area contributed by atoms with Gasteiger partial charge in [0.1, 0.15) is 0 Å². The topological polar surface area (TPSA) is 90.9 Å². The quantitative estimate of drug-likeness (QED) is 0.209. The second kappa shape index (κ2) is 24.9. The minimum atomic E-state index is -0.760. The second-order valence-electron chi connectivity index (χ2n) is 8.92. The molecule has 7 heteroatoms. The molecule has 0 aromatic heterocycles. The van der Waals surface area contributed by atoms with Crippen molar-refractivity contribution in [2.24, 2.45) is 0 Å². The zero-order valence-corrected chi connectivity index (χ0v) is 26.6. The molecule has 3 N–H and O–H groups in total. The number of hydrogen-bond acceptors (Lipinski definition) is 5. The van der Waals surface area contributed by atoms with Crippen LogP contribution in [0.2, 0.25) is 0 Å². The van der Waals surface area contributed by atoms with Crippen molar-refractivity contribution in [2.45, 2.75) is 98.6 Å². The third-order valence-electron chi connectivity index (χ3n) is 6.21. The first-order chi connectivity index (χ1) is 19.3. The Morgan fingerprint density at radius 1 is 1.07 bits per heavy atom. The predicted molar refractivity (Wildman–Crippen MR) is 170 cm³/mol. The Morgan fingerprint density at radius 3 is 2.27 bits per heavy atom. The van der Waals surface area contributed by atoms with Crippen molar-refractivity contribution < 1.29 is 19.4 Å². The molecule has 2 aliphatic rings. The second-order valence-corrected chi connectivity index (χ2v) is 8.92. The SMILES string of the molecule is C/C=C\C/C(=C\NC(C)/C=C\C)CCC(=O)OC.CC.CC.CNC(=O)N1CCC(O)(C2=CC=CC=CC2)CC1. The number of methoxy groups -OCH3 is 1. The standard InChI is InChI=1S/C15H25NO2.C14H20N2O2.2C2H6/c1-5-7-9-14(10-11-15(17)18-4)12-16-13(3)8-6-2;1-15-13(17)16-10-8-14(18,9-11-16)12-6-4-2-3-5-7-12;2*1-2/h5-8,12-13,16H,9-11H2,1-4H3;2-6,18H,7-11H2,1H3,(H,15,17);2*1-2H3/b7-5-,8-6-,14-12+;;;. The van der Waals surface area contributed by atoms with Crippen molar-refractivity contribution in [2.75, 3.05) is 27.2 Å². The fourth-order valence-corrected chi connectivity index (χ4v) is 3.94. The molecule has 228 valence electrons. The number of nitrogens with one attached hydrogen (secondary N) is 2. The van der Waals surface area contributed by atoms with E-state index in [0.717, 1.165) is 24.8 Å². The van der Waals surface area contributed by atoms with E-state index in [1.165, 1.54) is 12.7 Å². The van der Waals surface area contributed by atoms with Gasteiger partial charge < -0.3 is 25.4 Å². The number of ether oxygens (including phenoxy) is 1. The lowest BCUT2D eigenvalue weighted by molar-refractivity contribution is -0.140. The fourth-order valence-electron chi connectivity index (χ4n) is 3.94. The summed E-state index contributed by atoms with van der Waals surface area (Å²) in [6.07, 6.45) is 24.2. The molecular formula is C33H57N3O4. The lowest BCUT2D eigenvalue weighted by Gasteiger charge is -2.39. The Labute approximate surface area is 244 Å². The number of rotatable bonds is 9. The van der Waals surface area contributed by atoms with Crippen LogP contribution >= 0.6 is 0 Å². The monoisotopic (exact) mass is 559 g/mol. The number of amides is 2. The molecule has 1 unspecified atom stereocenters. The van der Waals surface area contributed by atoms with Gasteiger partial charge in [-0.2, -0.15) is 0 Å². The van der Waals surface area contributed by atoms with E-state index < -0.39 is 5.60 Å². The zero-order chi connectivity index (χ0) is 30.8. The highest BCUT2D eigenvalue weighted by Crippen LogP contribution is 2.32. The van der Waals surface area contributed by atoms with Crippen molar-refractivity contribution in [1.82, 2.24) is 15.5 Å². The van der Waals surface area contributed by atoms with E-state index in [4.69, 9.17) is 0 Å². The predicted octanol–water partition coefficient (Wildman–Crippen LogP) is 6.99. The molecule has 0 aromatic rings. The number of nitrogens with zero attached hydrogens (tertiary/aromatic N) is 1. The number of allylic oxidation sites excluding steroid dienone is 9. The summed E-state index contributed by atoms with van der Waals surface area (Å²) >= 11 is 0. The molecule has 0 saturated carbocycles. The number of hydrogen-bond donors (Lipinski definition) is 3. The molecule has 1 atom stereocenters. The third-order valence-corrected chi connectivity index (χ3v) is 6.21. The molecule has 0 spiro atoms. The molecule has 1 aliphatic heterocycles. The normalized spacial score (nSPS) is 16.7. The van der Waals surface area contributed by atoms with Crippen molar-refractivity contribution in [3.8, 4) is 0 Å². The number of esters is 1. The summed E-state index contributed by atoms with van der Waals surface area (Å²) in [7, 11) is 3.05. The van der Waals surface area contributed by atoms with Gasteiger partial charge in [0.15, 0.2) is 0 Å². The van der Waals surface area contributed by atoms with Crippen LogP contribution in [0.4, 0.5) is 4.79 Å². The highest BCUT2D eigenvalue weighted by atomic mass is 16.5. The van der Waals surface area contributed by atoms with Crippen LogP contribution in [0.1, 0.15) is 87.0 Å². The minimum absolute atomic E-state index is 0.0633. The highest BCUT2D eigenvalue weighted by Gasteiger charge is 2.36. The maximum atomic E-state index is 11.5. The van der Waals surface area contributed by atoms with Gasteiger partial charge in [0.25, 0.3) is 0 Å². The van der Waals surface area contributed by atoms with Gasteiger partial charge in [0, 0.05) is 32.6 Å². The van der Waals surface area contributed by atoms with Crippen LogP contribution < -0.4 is 10.6 Å². The van der Waals surface area contributed by atoms with Crippen LogP contribution in [0, 0.1) is 0 Å². The first kappa shape index (κ1) is 39.1. The molecular weight excluding hydrogens is 502 g/mol. The molecule has 40 heavy (non-hydrogen) atoms. The number of carbonyl (C=O) groups is 2. The lowest BCUT2D eigenvalue weighted by atomic mass is 9.82. The van der Waals surface area contributed by atoms with Crippen LogP contribution in [0.3, 0.4) is 0 Å². The first-order valence-corrected chi connectivity index (χ1v) is 14.8. The Kier molecular flexibility index (Phi) is 24.4. The Balaban J connectivity index is 0. The van der Waals surface area contributed by atoms with Gasteiger partial charge in [-0.3, -0.25) is 4.79 Å². The maximum Gasteiger partial charge on any atom is 0.317 e. The first-order valence-electron chi connectivity index (χ1n) is 14.8. The number of urea groups is 1. The van der Waals surface area contributed by atoms with Gasteiger partial charge in [-0.1, -0.05) is 88.0 Å². The molecule has 7 nitrogen and oxygen atoms in total. The minimum Gasteiger partial charge on any atom is -0.469 e. The van der Waals surface area contributed by atoms with E-state index in [0.29, 0.717) is 38.4 Å². The highest BCUT2D eigenvalue weighted by molar-refractivity contribution is 5.74. The Hall–Kier alpha value is -3.06. The van der Waals surface area contributed by atoms with E-state index in [-0.39, 0.29) is 12.0 Å². The largest absolute Gasteiger partial charge is 0.469 e. The van der Waals surface area contributed by atoms with E-state index in [2.05, 4.69) is 40.5 Å². The van der Waals surface area contributed by atoms with E-state index in [9.17, 15) is 14.7 Å². The van der Waals surface area contributed by atoms with E-state index >= 15 is 0 Å². The van der Waals surface area contributed by atoms with Crippen molar-refractivity contribution in [1.29, 1.82) is 0 Å². The van der Waals surface area contributed by atoms with E-state index in [1.807, 2.05) is 84.2 Å². The maximum absolute atomic E-state index is 11.5. The summed E-state index contributed by atoms with van der Waals surface area (Å²) in [5.74, 6) is -0.164. The van der Waals surface area contributed by atoms with Crippen LogP contribution in [0.5, 0.6) is 0 Å². The molecule has 2 amide bonds. The molecule has 2 rings (SSSR count). The summed E-state index contributed by atoms with van der Waals surface area (Å²) < 4.78 is 4.65. The molecule has 1 fully saturated rings. The molecule has 0 aromatic carbocycles. The molecule has 1 heterocycles. The average Bonchev–Trinajstić information content (AvgIpc) is 3.30. The summed E-state index contributed by atoms with van der Waals surface area (Å²) in [5, 5.41) is 16.6. The molecule has 0 radical (unpaired) electrons. The molecule has 1 aliphatic carbocycles. The molecule has 0 bridgehead atoms. The lowest BCUT2D eigenvalue weighted by Crippen LogP contribution is -2.49. The van der Waals surface area contributed by atoms with Gasteiger partial charge in [0.05, 0.1) is 12.7 Å². The van der Waals surface area contributed by atoms with Crippen LogP contribution in [-0.4, -0.2) is 60.9 Å². The van der Waals surface area contributed by atoms with Crippen LogP contribution in [0.25, 0.3) is 0 Å². The fraction of sp³-hybridized carbons (Fsp3) is 0.576. The summed E-state index contributed by atoms with van der Waals surface area (Å²) in [6, 6.07) is 0.237. The van der Waals surface area contributed by atoms with Crippen molar-refractivity contribution in [3.05, 3.63) is 72.0 Å². The van der Waals surface area contributed by atoms with Gasteiger partial charge in [0.2, 0.25) is 0 Å². The van der Waals surface area contributed by atoms with E-state index in [1.54, 1.807) is 11.9 Å². The number of aliphatic hydroxyl groups is 1. The van der Waals surface area contributed by atoms with Crippen molar-refractivity contribution >= 4 is 12.0 Å². The summed E-state index contributed by atoms with van der Waals surface area (Å²) in [6.45, 7) is 15.3. The van der Waals surface area contributed by atoms with Crippen LogP contribution in [0.15, 0.2) is 72.0 Å². The molecule has 1 saturated heterocycles. The van der Waals surface area contributed by atoms with Crippen LogP contribution in [-0.2, 0) is 9.53 Å². The number of piperidine rings is 1. The smallest absolute Gasteiger partial charge is 0.317 e. The zero-order valence-electron chi connectivity index (χ0n) is 26.6. The van der Waals surface area contributed by atoms with Gasteiger partial charge in [-0.25, -0.2) is 4.79 Å². The Morgan fingerprint density at radius 2 is 1.73 bits per heavy atom. The third kappa shape index (κ3) is 16.8.